The molecule has 6 heteroatoms. The molecule has 0 spiro atoms. The van der Waals surface area contributed by atoms with E-state index in [0.717, 1.165) is 6.07 Å². The molecule has 2 aromatic carbocycles. The molecule has 2 rings (SSSR count). The number of aryl methyl sites for hydroxylation is 1. The summed E-state index contributed by atoms with van der Waals surface area (Å²) in [5, 5.41) is 0. The summed E-state index contributed by atoms with van der Waals surface area (Å²) in [5.41, 5.74) is 5.88. The van der Waals surface area contributed by atoms with Gasteiger partial charge in [0.1, 0.15) is 5.82 Å². The second-order valence-electron chi connectivity index (χ2n) is 4.11. The molecule has 0 aliphatic carbocycles. The van der Waals surface area contributed by atoms with Crippen molar-refractivity contribution in [1.82, 2.24) is 0 Å². The lowest BCUT2D eigenvalue weighted by Gasteiger charge is -2.10. The van der Waals surface area contributed by atoms with E-state index in [1.165, 1.54) is 13.0 Å². The Balaban J connectivity index is 2.40. The number of halogens is 1. The first kappa shape index (κ1) is 13.4. The second kappa shape index (κ2) is 4.89. The van der Waals surface area contributed by atoms with Crippen LogP contribution in [-0.4, -0.2) is 8.42 Å². The number of anilines is 2. The van der Waals surface area contributed by atoms with E-state index in [2.05, 4.69) is 4.72 Å². The highest BCUT2D eigenvalue weighted by atomic mass is 32.2. The minimum absolute atomic E-state index is 0.0623. The molecule has 0 amide bonds. The summed E-state index contributed by atoms with van der Waals surface area (Å²) in [4.78, 5) is -0.0623. The van der Waals surface area contributed by atoms with E-state index in [1.54, 1.807) is 30.3 Å². The van der Waals surface area contributed by atoms with Crippen molar-refractivity contribution < 1.29 is 12.8 Å². The van der Waals surface area contributed by atoms with Gasteiger partial charge < -0.3 is 5.73 Å². The molecule has 0 aromatic heterocycles. The van der Waals surface area contributed by atoms with Crippen LogP contribution < -0.4 is 10.5 Å². The summed E-state index contributed by atoms with van der Waals surface area (Å²) in [5.74, 6) is -0.598. The Labute approximate surface area is 111 Å². The predicted molar refractivity (Wildman–Crippen MR) is 72.8 cm³/mol. The van der Waals surface area contributed by atoms with Crippen molar-refractivity contribution in [3.8, 4) is 0 Å². The molecule has 0 saturated heterocycles. The number of hydrogen-bond donors (Lipinski definition) is 2. The smallest absolute Gasteiger partial charge is 0.261 e. The molecule has 100 valence electrons. The zero-order valence-corrected chi connectivity index (χ0v) is 11.0. The number of hydrogen-bond acceptors (Lipinski definition) is 3. The number of nitrogens with one attached hydrogen (secondary N) is 1. The molecule has 0 atom stereocenters. The maximum absolute atomic E-state index is 13.4. The third-order valence-electron chi connectivity index (χ3n) is 2.59. The zero-order valence-electron chi connectivity index (χ0n) is 10.2. The average molecular weight is 280 g/mol. The molecule has 2 aromatic rings. The molecular weight excluding hydrogens is 267 g/mol. The molecule has 0 aliphatic rings. The second-order valence-corrected chi connectivity index (χ2v) is 5.80. The van der Waals surface area contributed by atoms with Gasteiger partial charge in [-0.05, 0) is 36.8 Å². The third kappa shape index (κ3) is 2.85. The maximum Gasteiger partial charge on any atom is 0.261 e. The minimum Gasteiger partial charge on any atom is -0.396 e. The number of nitrogen functional groups attached to an aromatic ring is 1. The van der Waals surface area contributed by atoms with Crippen LogP contribution in [0.4, 0.5) is 15.8 Å². The van der Waals surface area contributed by atoms with Crippen molar-refractivity contribution in [3.63, 3.8) is 0 Å². The fourth-order valence-corrected chi connectivity index (χ4v) is 2.82. The Bertz CT molecular complexity index is 677. The first-order valence-corrected chi connectivity index (χ1v) is 7.02. The Morgan fingerprint density at radius 2 is 1.79 bits per heavy atom. The molecule has 0 saturated carbocycles. The van der Waals surface area contributed by atoms with Crippen molar-refractivity contribution in [2.24, 2.45) is 0 Å². The highest BCUT2D eigenvalue weighted by Crippen LogP contribution is 2.22. The van der Waals surface area contributed by atoms with Gasteiger partial charge >= 0.3 is 0 Å². The van der Waals surface area contributed by atoms with E-state index in [4.69, 9.17) is 5.73 Å². The van der Waals surface area contributed by atoms with Crippen LogP contribution in [0.2, 0.25) is 0 Å². The monoisotopic (exact) mass is 280 g/mol. The van der Waals surface area contributed by atoms with E-state index < -0.39 is 15.8 Å². The largest absolute Gasteiger partial charge is 0.396 e. The Morgan fingerprint density at radius 1 is 1.16 bits per heavy atom. The number of benzene rings is 2. The fourth-order valence-electron chi connectivity index (χ4n) is 1.64. The van der Waals surface area contributed by atoms with Gasteiger partial charge in [0.05, 0.1) is 10.6 Å². The molecule has 0 fully saturated rings. The Kier molecular flexibility index (Phi) is 3.44. The summed E-state index contributed by atoms with van der Waals surface area (Å²) < 4.78 is 40.0. The van der Waals surface area contributed by atoms with Crippen LogP contribution in [0, 0.1) is 12.7 Å². The third-order valence-corrected chi connectivity index (χ3v) is 3.95. The van der Waals surface area contributed by atoms with Gasteiger partial charge in [-0.2, -0.15) is 0 Å². The summed E-state index contributed by atoms with van der Waals surface area (Å²) in [7, 11) is -3.77. The fraction of sp³-hybridized carbons (Fsp3) is 0.0769. The van der Waals surface area contributed by atoms with Gasteiger partial charge in [0.25, 0.3) is 10.0 Å². The summed E-state index contributed by atoms with van der Waals surface area (Å²) in [6.45, 7) is 1.47. The first-order chi connectivity index (χ1) is 8.90. The highest BCUT2D eigenvalue weighted by Gasteiger charge is 2.17. The van der Waals surface area contributed by atoms with Crippen LogP contribution >= 0.6 is 0 Å². The van der Waals surface area contributed by atoms with Crippen LogP contribution in [0.1, 0.15) is 5.56 Å². The SMILES string of the molecule is Cc1cc(S(=O)(=O)Nc2ccccc2)cc(N)c1F. The summed E-state index contributed by atoms with van der Waals surface area (Å²) >= 11 is 0. The quantitative estimate of drug-likeness (QED) is 0.848. The first-order valence-electron chi connectivity index (χ1n) is 5.53. The van der Waals surface area contributed by atoms with Gasteiger partial charge in [-0.15, -0.1) is 0 Å². The van der Waals surface area contributed by atoms with Gasteiger partial charge in [-0.3, -0.25) is 4.72 Å². The van der Waals surface area contributed by atoms with Gasteiger partial charge in [0, 0.05) is 5.69 Å². The highest BCUT2D eigenvalue weighted by molar-refractivity contribution is 7.92. The van der Waals surface area contributed by atoms with Crippen LogP contribution in [0.15, 0.2) is 47.4 Å². The minimum atomic E-state index is -3.77. The van der Waals surface area contributed by atoms with Gasteiger partial charge in [0.2, 0.25) is 0 Å². The number of rotatable bonds is 3. The van der Waals surface area contributed by atoms with Crippen molar-refractivity contribution in [2.75, 3.05) is 10.5 Å². The van der Waals surface area contributed by atoms with Crippen molar-refractivity contribution in [2.45, 2.75) is 11.8 Å². The van der Waals surface area contributed by atoms with Crippen LogP contribution in [0.5, 0.6) is 0 Å². The molecule has 0 aliphatic heterocycles. The average Bonchev–Trinajstić information content (AvgIpc) is 2.36. The molecular formula is C13H13FN2O2S. The number of nitrogens with two attached hydrogens (primary N) is 1. The topological polar surface area (TPSA) is 72.2 Å². The van der Waals surface area contributed by atoms with Crippen molar-refractivity contribution in [1.29, 1.82) is 0 Å². The molecule has 0 radical (unpaired) electrons. The maximum atomic E-state index is 13.4. The van der Waals surface area contributed by atoms with Crippen LogP contribution in [0.3, 0.4) is 0 Å². The predicted octanol–water partition coefficient (Wildman–Crippen LogP) is 2.52. The number of para-hydroxylation sites is 1. The lowest BCUT2D eigenvalue weighted by molar-refractivity contribution is 0.599. The lowest BCUT2D eigenvalue weighted by atomic mass is 10.2. The van der Waals surface area contributed by atoms with E-state index in [9.17, 15) is 12.8 Å². The van der Waals surface area contributed by atoms with E-state index in [-0.39, 0.29) is 16.1 Å². The van der Waals surface area contributed by atoms with Gasteiger partial charge in [-0.1, -0.05) is 18.2 Å². The van der Waals surface area contributed by atoms with Crippen LogP contribution in [0.25, 0.3) is 0 Å². The molecule has 0 heterocycles. The van der Waals surface area contributed by atoms with Gasteiger partial charge in [-0.25, -0.2) is 12.8 Å². The van der Waals surface area contributed by atoms with Crippen molar-refractivity contribution >= 4 is 21.4 Å². The number of sulfonamides is 1. The van der Waals surface area contributed by atoms with E-state index in [1.807, 2.05) is 0 Å². The zero-order chi connectivity index (χ0) is 14.0. The van der Waals surface area contributed by atoms with E-state index in [0.29, 0.717) is 5.69 Å². The molecule has 4 nitrogen and oxygen atoms in total. The Hall–Kier alpha value is -2.08. The lowest BCUT2D eigenvalue weighted by Crippen LogP contribution is -2.14. The van der Waals surface area contributed by atoms with Gasteiger partial charge in [0.15, 0.2) is 0 Å². The summed E-state index contributed by atoms with van der Waals surface area (Å²) in [6, 6.07) is 10.8. The molecule has 19 heavy (non-hydrogen) atoms. The molecule has 0 unspecified atom stereocenters. The molecule has 3 N–H and O–H groups in total. The normalized spacial score (nSPS) is 11.3. The standard InChI is InChI=1S/C13H13FN2O2S/c1-9-7-11(8-12(15)13(9)14)19(17,18)16-10-5-3-2-4-6-10/h2-8,16H,15H2,1H3. The van der Waals surface area contributed by atoms with E-state index >= 15 is 0 Å². The molecule has 0 bridgehead atoms. The Morgan fingerprint density at radius 3 is 2.37 bits per heavy atom. The van der Waals surface area contributed by atoms with Crippen molar-refractivity contribution in [3.05, 3.63) is 53.8 Å². The van der Waals surface area contributed by atoms with Crippen LogP contribution in [-0.2, 0) is 10.0 Å². The summed E-state index contributed by atoms with van der Waals surface area (Å²) in [6.07, 6.45) is 0.